The Hall–Kier alpha value is -3.14. The zero-order chi connectivity index (χ0) is 20.0. The number of benzene rings is 2. The van der Waals surface area contributed by atoms with Gasteiger partial charge in [-0.25, -0.2) is 4.79 Å². The fourth-order valence-electron chi connectivity index (χ4n) is 3.39. The summed E-state index contributed by atoms with van der Waals surface area (Å²) in [4.78, 5) is 12.9. The lowest BCUT2D eigenvalue weighted by Gasteiger charge is -2.27. The van der Waals surface area contributed by atoms with Crippen molar-refractivity contribution in [1.82, 2.24) is 0 Å². The van der Waals surface area contributed by atoms with Gasteiger partial charge in [-0.05, 0) is 24.3 Å². The normalized spacial score (nSPS) is 15.7. The predicted molar refractivity (Wildman–Crippen MR) is 105 cm³/mol. The maximum absolute atomic E-state index is 12.9. The second-order valence-corrected chi connectivity index (χ2v) is 6.91. The molecule has 2 N–H and O–H groups in total. The average molecular weight is 415 g/mol. The van der Waals surface area contributed by atoms with Crippen molar-refractivity contribution in [2.45, 2.75) is 5.92 Å². The van der Waals surface area contributed by atoms with Gasteiger partial charge in [-0.2, -0.15) is 5.26 Å². The van der Waals surface area contributed by atoms with Gasteiger partial charge in [-0.1, -0.05) is 35.3 Å². The van der Waals surface area contributed by atoms with E-state index >= 15 is 0 Å². The number of rotatable bonds is 2. The van der Waals surface area contributed by atoms with Gasteiger partial charge in [0.25, 0.3) is 0 Å². The van der Waals surface area contributed by atoms with Crippen molar-refractivity contribution < 1.29 is 13.9 Å². The van der Waals surface area contributed by atoms with Gasteiger partial charge in [-0.3, -0.25) is 0 Å². The number of fused-ring (bicyclic) bond motifs is 3. The minimum atomic E-state index is -0.916. The third-order valence-corrected chi connectivity index (χ3v) is 5.03. The molecule has 4 rings (SSSR count). The highest BCUT2D eigenvalue weighted by Crippen LogP contribution is 2.48. The Morgan fingerprint density at radius 1 is 1.25 bits per heavy atom. The third-order valence-electron chi connectivity index (χ3n) is 4.53. The summed E-state index contributed by atoms with van der Waals surface area (Å²) in [6, 6.07) is 12.0. The molecule has 0 radical (unpaired) electrons. The molecule has 8 heteroatoms. The first kappa shape index (κ1) is 18.2. The number of allylic oxidation sites excluding steroid dienone is 1. The highest BCUT2D eigenvalue weighted by atomic mass is 35.5. The minimum absolute atomic E-state index is 0.0340. The molecular formula is C20H12Cl2N2O4. The zero-order valence-electron chi connectivity index (χ0n) is 14.5. The van der Waals surface area contributed by atoms with Crippen molar-refractivity contribution >= 4 is 34.2 Å². The van der Waals surface area contributed by atoms with E-state index in [4.69, 9.17) is 42.8 Å². The van der Waals surface area contributed by atoms with E-state index in [1.165, 1.54) is 13.2 Å². The Kier molecular flexibility index (Phi) is 4.42. The minimum Gasteiger partial charge on any atom is -0.495 e. The summed E-state index contributed by atoms with van der Waals surface area (Å²) in [5.41, 5.74) is 6.29. The van der Waals surface area contributed by atoms with Crippen LogP contribution in [0.5, 0.6) is 11.5 Å². The molecule has 140 valence electrons. The van der Waals surface area contributed by atoms with Gasteiger partial charge >= 0.3 is 5.63 Å². The van der Waals surface area contributed by atoms with E-state index in [2.05, 4.69) is 0 Å². The van der Waals surface area contributed by atoms with Crippen LogP contribution in [0.15, 0.2) is 57.1 Å². The lowest BCUT2D eigenvalue weighted by Crippen LogP contribution is -2.26. The maximum atomic E-state index is 12.9. The summed E-state index contributed by atoms with van der Waals surface area (Å²) in [6.45, 7) is 0. The fourth-order valence-corrected chi connectivity index (χ4v) is 3.97. The van der Waals surface area contributed by atoms with Crippen molar-refractivity contribution in [2.75, 3.05) is 7.11 Å². The van der Waals surface area contributed by atoms with Crippen LogP contribution in [0.25, 0.3) is 11.0 Å². The summed E-state index contributed by atoms with van der Waals surface area (Å²) < 4.78 is 16.6. The Balaban J connectivity index is 2.14. The monoisotopic (exact) mass is 414 g/mol. The number of ether oxygens (including phenoxy) is 2. The Morgan fingerprint density at radius 3 is 2.71 bits per heavy atom. The summed E-state index contributed by atoms with van der Waals surface area (Å²) in [5.74, 6) is -0.529. The molecule has 0 fully saturated rings. The van der Waals surface area contributed by atoms with Crippen molar-refractivity contribution in [2.24, 2.45) is 5.73 Å². The van der Waals surface area contributed by atoms with Gasteiger partial charge in [0.15, 0.2) is 5.75 Å². The smallest absolute Gasteiger partial charge is 0.344 e. The molecule has 0 spiro atoms. The van der Waals surface area contributed by atoms with Crippen LogP contribution >= 0.6 is 23.2 Å². The second kappa shape index (κ2) is 6.79. The van der Waals surface area contributed by atoms with Gasteiger partial charge < -0.3 is 19.6 Å². The van der Waals surface area contributed by atoms with E-state index in [9.17, 15) is 10.1 Å². The third kappa shape index (κ3) is 2.68. The molecule has 1 aromatic heterocycles. The number of para-hydroxylation sites is 1. The quantitative estimate of drug-likeness (QED) is 0.626. The molecular weight excluding hydrogens is 403 g/mol. The number of nitrogens with two attached hydrogens (primary N) is 1. The molecule has 0 amide bonds. The summed E-state index contributed by atoms with van der Waals surface area (Å²) in [6.07, 6.45) is 0. The molecule has 2 heterocycles. The van der Waals surface area contributed by atoms with E-state index in [0.29, 0.717) is 21.6 Å². The molecule has 2 aromatic carbocycles. The van der Waals surface area contributed by atoms with Crippen LogP contribution in [0.4, 0.5) is 0 Å². The molecule has 0 aliphatic carbocycles. The highest BCUT2D eigenvalue weighted by molar-refractivity contribution is 6.35. The Bertz CT molecular complexity index is 1260. The van der Waals surface area contributed by atoms with Crippen molar-refractivity contribution in [3.8, 4) is 17.6 Å². The molecule has 1 aliphatic heterocycles. The van der Waals surface area contributed by atoms with Crippen LogP contribution in [0.3, 0.4) is 0 Å². The molecule has 6 nitrogen and oxygen atoms in total. The molecule has 0 unspecified atom stereocenters. The highest BCUT2D eigenvalue weighted by Gasteiger charge is 2.37. The summed E-state index contributed by atoms with van der Waals surface area (Å²) in [7, 11) is 1.43. The van der Waals surface area contributed by atoms with Gasteiger partial charge in [0.2, 0.25) is 5.88 Å². The van der Waals surface area contributed by atoms with Crippen molar-refractivity contribution in [1.29, 1.82) is 5.26 Å². The van der Waals surface area contributed by atoms with E-state index in [0.717, 1.165) is 0 Å². The number of halogens is 2. The fraction of sp³-hybridized carbons (Fsp3) is 0.100. The van der Waals surface area contributed by atoms with Crippen LogP contribution in [0, 0.1) is 11.3 Å². The molecule has 1 aliphatic rings. The first-order chi connectivity index (χ1) is 13.5. The van der Waals surface area contributed by atoms with Gasteiger partial charge in [-0.15, -0.1) is 0 Å². The van der Waals surface area contributed by atoms with Crippen molar-refractivity contribution in [3.05, 3.63) is 79.4 Å². The standard InChI is InChI=1S/C20H12Cl2N2O4/c1-26-17-11(6-9(21)7-13(17)22)15-12(8-23)19(24)28-18-10-4-2-3-5-14(10)27-20(25)16(15)18/h2-7,15H,24H2,1H3/t15-/m0/s1. The molecule has 1 atom stereocenters. The number of methoxy groups -OCH3 is 1. The van der Waals surface area contributed by atoms with Gasteiger partial charge in [0.05, 0.1) is 29.0 Å². The SMILES string of the molecule is COc1c(Cl)cc(Cl)cc1[C@H]1C(C#N)=C(N)Oc2c1c(=O)oc1ccccc21. The molecule has 0 bridgehead atoms. The Morgan fingerprint density at radius 2 is 2.00 bits per heavy atom. The number of hydrogen-bond donors (Lipinski definition) is 1. The number of hydrogen-bond acceptors (Lipinski definition) is 6. The van der Waals surface area contributed by atoms with E-state index in [-0.39, 0.29) is 33.5 Å². The molecule has 3 aromatic rings. The first-order valence-corrected chi connectivity index (χ1v) is 8.88. The largest absolute Gasteiger partial charge is 0.495 e. The first-order valence-electron chi connectivity index (χ1n) is 8.12. The average Bonchev–Trinajstić information content (AvgIpc) is 2.66. The van der Waals surface area contributed by atoms with Gasteiger partial charge in [0, 0.05) is 10.6 Å². The van der Waals surface area contributed by atoms with E-state index in [1.807, 2.05) is 6.07 Å². The number of nitrogens with zero attached hydrogens (tertiary/aromatic N) is 1. The summed E-state index contributed by atoms with van der Waals surface area (Å²) >= 11 is 12.5. The molecule has 0 saturated heterocycles. The topological polar surface area (TPSA) is 98.5 Å². The maximum Gasteiger partial charge on any atom is 0.344 e. The van der Waals surface area contributed by atoms with Crippen LogP contribution in [-0.2, 0) is 0 Å². The lowest BCUT2D eigenvalue weighted by molar-refractivity contribution is 0.382. The Labute approximate surface area is 169 Å². The predicted octanol–water partition coefficient (Wildman–Crippen LogP) is 4.33. The molecule has 0 saturated carbocycles. The van der Waals surface area contributed by atoms with E-state index in [1.54, 1.807) is 30.3 Å². The van der Waals surface area contributed by atoms with Crippen LogP contribution in [0.2, 0.25) is 10.0 Å². The number of nitriles is 1. The zero-order valence-corrected chi connectivity index (χ0v) is 16.0. The lowest BCUT2D eigenvalue weighted by atomic mass is 9.83. The van der Waals surface area contributed by atoms with Crippen LogP contribution in [-0.4, -0.2) is 7.11 Å². The summed E-state index contributed by atoms with van der Waals surface area (Å²) in [5, 5.41) is 10.8. The van der Waals surface area contributed by atoms with E-state index < -0.39 is 11.5 Å². The second-order valence-electron chi connectivity index (χ2n) is 6.06. The van der Waals surface area contributed by atoms with Crippen LogP contribution < -0.4 is 20.8 Å². The van der Waals surface area contributed by atoms with Crippen LogP contribution in [0.1, 0.15) is 17.0 Å². The van der Waals surface area contributed by atoms with Gasteiger partial charge in [0.1, 0.15) is 23.0 Å². The molecule has 28 heavy (non-hydrogen) atoms. The van der Waals surface area contributed by atoms with Crippen molar-refractivity contribution in [3.63, 3.8) is 0 Å².